The van der Waals surface area contributed by atoms with Gasteiger partial charge in [0.15, 0.2) is 0 Å². The van der Waals surface area contributed by atoms with E-state index in [1.165, 1.54) is 0 Å². The van der Waals surface area contributed by atoms with Gasteiger partial charge in [-0.25, -0.2) is 0 Å². The molecular formula is C20H18N2O3. The van der Waals surface area contributed by atoms with E-state index in [1.807, 2.05) is 54.6 Å². The molecule has 0 spiro atoms. The predicted molar refractivity (Wildman–Crippen MR) is 93.9 cm³/mol. The van der Waals surface area contributed by atoms with Crippen LogP contribution in [-0.4, -0.2) is 37.1 Å². The summed E-state index contributed by atoms with van der Waals surface area (Å²) in [5.74, 6) is 1.12. The first-order chi connectivity index (χ1) is 12.3. The normalized spacial score (nSPS) is 14.7. The Labute approximate surface area is 146 Å². The first-order valence-corrected chi connectivity index (χ1v) is 8.08. The highest BCUT2D eigenvalue weighted by Gasteiger charge is 2.20. The lowest BCUT2D eigenvalue weighted by Crippen LogP contribution is -2.41. The fourth-order valence-corrected chi connectivity index (χ4v) is 2.54. The van der Waals surface area contributed by atoms with Crippen LogP contribution in [0.25, 0.3) is 6.08 Å². The molecule has 5 heteroatoms. The lowest BCUT2D eigenvalue weighted by atomic mass is 10.1. The predicted octanol–water partition coefficient (Wildman–Crippen LogP) is 3.24. The van der Waals surface area contributed by atoms with Gasteiger partial charge in [0.25, 0.3) is 5.91 Å². The van der Waals surface area contributed by atoms with E-state index in [-0.39, 0.29) is 11.5 Å². The minimum Gasteiger partial charge on any atom is -0.457 e. The number of morpholine rings is 1. The van der Waals surface area contributed by atoms with Crippen molar-refractivity contribution in [3.05, 3.63) is 65.7 Å². The van der Waals surface area contributed by atoms with Crippen molar-refractivity contribution in [3.8, 4) is 17.6 Å². The smallest absolute Gasteiger partial charge is 0.264 e. The number of rotatable bonds is 4. The fourth-order valence-electron chi connectivity index (χ4n) is 2.54. The molecule has 0 radical (unpaired) electrons. The average Bonchev–Trinajstić information content (AvgIpc) is 2.67. The molecule has 2 aromatic rings. The van der Waals surface area contributed by atoms with Crippen molar-refractivity contribution in [3.63, 3.8) is 0 Å². The van der Waals surface area contributed by atoms with Crippen LogP contribution in [-0.2, 0) is 9.53 Å². The Morgan fingerprint density at radius 2 is 1.80 bits per heavy atom. The summed E-state index contributed by atoms with van der Waals surface area (Å²) >= 11 is 0. The van der Waals surface area contributed by atoms with Gasteiger partial charge in [0.05, 0.1) is 13.2 Å². The van der Waals surface area contributed by atoms with Crippen LogP contribution in [0.1, 0.15) is 5.56 Å². The van der Waals surface area contributed by atoms with Crippen LogP contribution >= 0.6 is 0 Å². The van der Waals surface area contributed by atoms with Crippen LogP contribution < -0.4 is 4.74 Å². The molecule has 5 nitrogen and oxygen atoms in total. The van der Waals surface area contributed by atoms with E-state index < -0.39 is 0 Å². The van der Waals surface area contributed by atoms with E-state index >= 15 is 0 Å². The van der Waals surface area contributed by atoms with Crippen molar-refractivity contribution in [2.75, 3.05) is 26.3 Å². The molecule has 25 heavy (non-hydrogen) atoms. The molecule has 1 fully saturated rings. The Hall–Kier alpha value is -3.10. The molecule has 0 unspecified atom stereocenters. The van der Waals surface area contributed by atoms with E-state index in [1.54, 1.807) is 17.0 Å². The Bertz CT molecular complexity index is 803. The third-order valence-corrected chi connectivity index (χ3v) is 3.80. The first kappa shape index (κ1) is 16.7. The van der Waals surface area contributed by atoms with Crippen LogP contribution in [0.4, 0.5) is 0 Å². The zero-order chi connectivity index (χ0) is 17.5. The monoisotopic (exact) mass is 334 g/mol. The largest absolute Gasteiger partial charge is 0.457 e. The van der Waals surface area contributed by atoms with Crippen LogP contribution in [0, 0.1) is 11.3 Å². The topological polar surface area (TPSA) is 62.6 Å². The van der Waals surface area contributed by atoms with Crippen molar-refractivity contribution >= 4 is 12.0 Å². The second-order valence-electron chi connectivity index (χ2n) is 5.56. The maximum atomic E-state index is 12.5. The van der Waals surface area contributed by atoms with E-state index in [2.05, 4.69) is 0 Å². The Morgan fingerprint density at radius 3 is 2.52 bits per heavy atom. The summed E-state index contributed by atoms with van der Waals surface area (Å²) in [6, 6.07) is 18.8. The Balaban J connectivity index is 1.78. The third-order valence-electron chi connectivity index (χ3n) is 3.80. The van der Waals surface area contributed by atoms with Gasteiger partial charge in [-0.05, 0) is 35.9 Å². The number of benzene rings is 2. The maximum absolute atomic E-state index is 12.5. The second kappa shape index (κ2) is 8.13. The van der Waals surface area contributed by atoms with Gasteiger partial charge >= 0.3 is 0 Å². The highest BCUT2D eigenvalue weighted by atomic mass is 16.5. The minimum atomic E-state index is -0.264. The van der Waals surface area contributed by atoms with Gasteiger partial charge in [0.1, 0.15) is 23.1 Å². The number of carbonyl (C=O) groups excluding carboxylic acids is 1. The molecule has 0 bridgehead atoms. The number of carbonyl (C=O) groups is 1. The van der Waals surface area contributed by atoms with Gasteiger partial charge in [-0.1, -0.05) is 30.3 Å². The molecule has 0 atom stereocenters. The average molecular weight is 334 g/mol. The van der Waals surface area contributed by atoms with Crippen molar-refractivity contribution in [1.82, 2.24) is 4.90 Å². The second-order valence-corrected chi connectivity index (χ2v) is 5.56. The molecular weight excluding hydrogens is 316 g/mol. The van der Waals surface area contributed by atoms with Crippen LogP contribution in [0.2, 0.25) is 0 Å². The molecule has 1 heterocycles. The summed E-state index contributed by atoms with van der Waals surface area (Å²) in [5.41, 5.74) is 0.852. The highest BCUT2D eigenvalue weighted by Crippen LogP contribution is 2.23. The lowest BCUT2D eigenvalue weighted by molar-refractivity contribution is -0.130. The third kappa shape index (κ3) is 4.46. The number of ether oxygens (including phenoxy) is 2. The van der Waals surface area contributed by atoms with Crippen molar-refractivity contribution < 1.29 is 14.3 Å². The minimum absolute atomic E-state index is 0.110. The highest BCUT2D eigenvalue weighted by molar-refractivity contribution is 6.01. The zero-order valence-electron chi connectivity index (χ0n) is 13.7. The molecule has 0 aromatic heterocycles. The first-order valence-electron chi connectivity index (χ1n) is 8.08. The van der Waals surface area contributed by atoms with Crippen LogP contribution in [0.15, 0.2) is 60.2 Å². The molecule has 0 saturated carbocycles. The lowest BCUT2D eigenvalue weighted by Gasteiger charge is -2.26. The molecule has 1 amide bonds. The summed E-state index contributed by atoms with van der Waals surface area (Å²) in [6.07, 6.45) is 1.59. The SMILES string of the molecule is N#C/C(=C/c1cccc(Oc2ccccc2)c1)C(=O)N1CCOCC1. The van der Waals surface area contributed by atoms with Gasteiger partial charge in [-0.2, -0.15) is 5.26 Å². The van der Waals surface area contributed by atoms with Crippen LogP contribution in [0.3, 0.4) is 0 Å². The van der Waals surface area contributed by atoms with Crippen LogP contribution in [0.5, 0.6) is 11.5 Å². The van der Waals surface area contributed by atoms with Gasteiger partial charge in [-0.15, -0.1) is 0 Å². The number of nitriles is 1. The van der Waals surface area contributed by atoms with Gasteiger partial charge in [0, 0.05) is 13.1 Å². The summed E-state index contributed by atoms with van der Waals surface area (Å²) in [7, 11) is 0. The summed E-state index contributed by atoms with van der Waals surface area (Å²) in [5, 5.41) is 9.36. The molecule has 1 aliphatic rings. The van der Waals surface area contributed by atoms with Gasteiger partial charge in [0.2, 0.25) is 0 Å². The summed E-state index contributed by atoms with van der Waals surface area (Å²) in [6.45, 7) is 2.03. The number of hydrogen-bond acceptors (Lipinski definition) is 4. The van der Waals surface area contributed by atoms with E-state index in [4.69, 9.17) is 9.47 Å². The fraction of sp³-hybridized carbons (Fsp3) is 0.200. The molecule has 1 saturated heterocycles. The standard InChI is InChI=1S/C20H18N2O3/c21-15-17(20(23)22-9-11-24-12-10-22)13-16-5-4-8-19(14-16)25-18-6-2-1-3-7-18/h1-8,13-14H,9-12H2/b17-13-. The van der Waals surface area contributed by atoms with Crippen molar-refractivity contribution in [1.29, 1.82) is 5.26 Å². The van der Waals surface area contributed by atoms with Crippen molar-refractivity contribution in [2.24, 2.45) is 0 Å². The number of nitrogens with zero attached hydrogens (tertiary/aromatic N) is 2. The van der Waals surface area contributed by atoms with Gasteiger partial charge in [-0.3, -0.25) is 4.79 Å². The Morgan fingerprint density at radius 1 is 1.08 bits per heavy atom. The number of amides is 1. The quantitative estimate of drug-likeness (QED) is 0.636. The zero-order valence-corrected chi connectivity index (χ0v) is 13.7. The van der Waals surface area contributed by atoms with E-state index in [0.29, 0.717) is 32.1 Å². The molecule has 0 aliphatic carbocycles. The molecule has 0 N–H and O–H groups in total. The molecule has 3 rings (SSSR count). The van der Waals surface area contributed by atoms with Crippen molar-refractivity contribution in [2.45, 2.75) is 0 Å². The number of hydrogen-bond donors (Lipinski definition) is 0. The van der Waals surface area contributed by atoms with E-state index in [9.17, 15) is 10.1 Å². The molecule has 126 valence electrons. The summed E-state index contributed by atoms with van der Waals surface area (Å²) < 4.78 is 11.0. The van der Waals surface area contributed by atoms with E-state index in [0.717, 1.165) is 11.3 Å². The summed E-state index contributed by atoms with van der Waals surface area (Å²) in [4.78, 5) is 14.1. The molecule has 2 aromatic carbocycles. The maximum Gasteiger partial charge on any atom is 0.264 e. The molecule has 1 aliphatic heterocycles. The van der Waals surface area contributed by atoms with Gasteiger partial charge < -0.3 is 14.4 Å². The number of para-hydroxylation sites is 1. The Kier molecular flexibility index (Phi) is 5.45.